The summed E-state index contributed by atoms with van der Waals surface area (Å²) in [6.07, 6.45) is 2.31. The molecule has 7 atom stereocenters. The number of benzene rings is 1. The fourth-order valence-electron chi connectivity index (χ4n) is 7.27. The molecule has 0 saturated carbocycles. The number of carbonyl (C=O) groups is 8. The first-order valence-electron chi connectivity index (χ1n) is 24.3. The van der Waals surface area contributed by atoms with Crippen LogP contribution in [0.3, 0.4) is 0 Å². The van der Waals surface area contributed by atoms with Gasteiger partial charge in [-0.2, -0.15) is 0 Å². The van der Waals surface area contributed by atoms with Crippen LogP contribution >= 0.6 is 0 Å². The summed E-state index contributed by atoms with van der Waals surface area (Å²) in [6.45, 7) is 18.0. The Balaban J connectivity index is 3.37. The van der Waals surface area contributed by atoms with Gasteiger partial charge in [-0.1, -0.05) is 79.7 Å². The number of nitrogens with zero attached hydrogens (tertiary/aromatic N) is 1. The monoisotopic (exact) mass is 985 g/mol. The van der Waals surface area contributed by atoms with Crippen molar-refractivity contribution in [2.24, 2.45) is 51.6 Å². The van der Waals surface area contributed by atoms with Gasteiger partial charge in [0.2, 0.25) is 47.3 Å². The summed E-state index contributed by atoms with van der Waals surface area (Å²) in [5, 5.41) is 29.5. The summed E-state index contributed by atoms with van der Waals surface area (Å²) >= 11 is 0. The molecule has 0 bridgehead atoms. The highest BCUT2D eigenvalue weighted by atomic mass is 16.2. The Morgan fingerprint density at radius 2 is 0.986 bits per heavy atom. The minimum absolute atomic E-state index is 0.0241. The van der Waals surface area contributed by atoms with Crippen LogP contribution in [0.25, 0.3) is 0 Å². The molecule has 0 unspecified atom stereocenters. The summed E-state index contributed by atoms with van der Waals surface area (Å²) < 4.78 is 0. The molecule has 0 radical (unpaired) electrons. The van der Waals surface area contributed by atoms with Crippen molar-refractivity contribution in [3.8, 4) is 0 Å². The normalized spacial score (nSPS) is 14.2. The minimum atomic E-state index is -1.24. The maximum absolute atomic E-state index is 14.2. The molecule has 70 heavy (non-hydrogen) atoms. The van der Waals surface area contributed by atoms with Crippen LogP contribution in [-0.4, -0.2) is 114 Å². The lowest BCUT2D eigenvalue weighted by Crippen LogP contribution is -2.60. The van der Waals surface area contributed by atoms with Gasteiger partial charge in [-0.05, 0) is 94.1 Å². The molecule has 0 saturated heterocycles. The van der Waals surface area contributed by atoms with Gasteiger partial charge in [0.25, 0.3) is 0 Å². The van der Waals surface area contributed by atoms with Gasteiger partial charge in [0.15, 0.2) is 5.96 Å². The second-order valence-corrected chi connectivity index (χ2v) is 19.4. The molecule has 0 spiro atoms. The third-order valence-electron chi connectivity index (χ3n) is 11.0. The van der Waals surface area contributed by atoms with Crippen molar-refractivity contribution in [3.05, 3.63) is 35.4 Å². The average Bonchev–Trinajstić information content (AvgIpc) is 3.26. The molecule has 1 rings (SSSR count). The van der Waals surface area contributed by atoms with E-state index in [4.69, 9.17) is 28.3 Å². The number of hydrogen-bond acceptors (Lipinski definition) is 11. The van der Waals surface area contributed by atoms with Crippen molar-refractivity contribution in [2.75, 3.05) is 13.1 Å². The molecule has 0 aromatic heterocycles. The van der Waals surface area contributed by atoms with Gasteiger partial charge in [0.1, 0.15) is 48.1 Å². The van der Waals surface area contributed by atoms with E-state index in [2.05, 4.69) is 47.5 Å². The van der Waals surface area contributed by atoms with E-state index in [-0.39, 0.29) is 74.7 Å². The van der Waals surface area contributed by atoms with E-state index in [9.17, 15) is 38.4 Å². The van der Waals surface area contributed by atoms with Crippen LogP contribution in [0.15, 0.2) is 29.3 Å². The third-order valence-corrected chi connectivity index (χ3v) is 11.0. The quantitative estimate of drug-likeness (QED) is 0.0258. The van der Waals surface area contributed by atoms with Gasteiger partial charge >= 0.3 is 0 Å². The molecule has 17 N–H and O–H groups in total. The summed E-state index contributed by atoms with van der Waals surface area (Å²) in [5.41, 5.74) is 23.6. The molecule has 0 aliphatic rings. The number of aliphatic imine (C=N–C) groups is 1. The van der Waals surface area contributed by atoms with Gasteiger partial charge in [0.05, 0.1) is 0 Å². The number of hydrogen-bond donors (Lipinski definition) is 13. The van der Waals surface area contributed by atoms with Crippen LogP contribution in [0.2, 0.25) is 0 Å². The molecule has 394 valence electrons. The molecule has 1 aromatic carbocycles. The number of guanidine groups is 1. The van der Waals surface area contributed by atoms with E-state index in [1.165, 1.54) is 13.8 Å². The summed E-state index contributed by atoms with van der Waals surface area (Å²) in [4.78, 5) is 112. The standard InChI is InChI=1S/C48H84N14O8/c1-26(2)22-36(57-31(10)63)44(67)56-30(9)41(64)60-37(23-27(3)4)46(69)61-38(24-28(5)6)45(68)58-35(15-13-21-54-48(52)53)43(66)62-39(29(7)8)47(70)59-34(14-11-12-20-49)42(65)55-25-32-16-18-33(19-17-32)40(50)51/h16-19,26-30,34-39H,11-15,20-25,49H2,1-10H3,(H3,50,51)(H,55,65)(H,56,67)(H,57,63)(H,58,68)(H,59,70)(H,60,64)(H,61,69)(H,62,66)(H4,52,53,54)/t30-,34-,35-,36-,37-,38-,39-/m0/s1. The molecule has 0 aliphatic heterocycles. The smallest absolute Gasteiger partial charge is 0.243 e. The molecule has 22 heteroatoms. The van der Waals surface area contributed by atoms with Gasteiger partial charge in [-0.3, -0.25) is 48.8 Å². The highest BCUT2D eigenvalue weighted by molar-refractivity contribution is 5.98. The number of carbonyl (C=O) groups excluding carboxylic acids is 8. The highest BCUT2D eigenvalue weighted by Gasteiger charge is 2.35. The SMILES string of the molecule is CC(=O)N[C@@H](CC(C)C)C(=O)N[C@@H](C)C(=O)N[C@@H](CC(C)C)C(=O)N[C@@H](CC(C)C)C(=O)N[C@@H](CCCN=C(N)N)C(=O)N[C@H](C(=O)N[C@@H](CCCCN)C(=O)NCc1ccc(C(=N)N)cc1)C(C)C. The molecule has 0 fully saturated rings. The Labute approximate surface area is 413 Å². The Hall–Kier alpha value is -6.32. The first-order chi connectivity index (χ1) is 32.7. The van der Waals surface area contributed by atoms with Crippen molar-refractivity contribution >= 4 is 59.1 Å². The van der Waals surface area contributed by atoms with E-state index >= 15 is 0 Å². The largest absolute Gasteiger partial charge is 0.384 e. The summed E-state index contributed by atoms with van der Waals surface area (Å²) in [5.74, 6) is -5.69. The van der Waals surface area contributed by atoms with Gasteiger partial charge in [-0.25, -0.2) is 0 Å². The maximum Gasteiger partial charge on any atom is 0.243 e. The lowest BCUT2D eigenvalue weighted by atomic mass is 9.99. The first kappa shape index (κ1) is 61.7. The number of nitrogen functional groups attached to an aromatic ring is 1. The molecule has 0 heterocycles. The maximum atomic E-state index is 14.2. The Kier molecular flexibility index (Phi) is 28.0. The molecular weight excluding hydrogens is 901 g/mol. The zero-order valence-electron chi connectivity index (χ0n) is 43.0. The summed E-state index contributed by atoms with van der Waals surface area (Å²) in [6, 6.07) is -0.856. The zero-order chi connectivity index (χ0) is 53.2. The molecular formula is C48H84N14O8. The van der Waals surface area contributed by atoms with Crippen LogP contribution in [0.4, 0.5) is 0 Å². The Morgan fingerprint density at radius 1 is 0.543 bits per heavy atom. The van der Waals surface area contributed by atoms with E-state index in [1.807, 2.05) is 41.5 Å². The van der Waals surface area contributed by atoms with Crippen LogP contribution in [0.5, 0.6) is 0 Å². The fraction of sp³-hybridized carbons (Fsp3) is 0.667. The first-order valence-corrected chi connectivity index (χ1v) is 24.3. The minimum Gasteiger partial charge on any atom is -0.384 e. The van der Waals surface area contributed by atoms with Crippen molar-refractivity contribution in [1.82, 2.24) is 42.5 Å². The van der Waals surface area contributed by atoms with Crippen LogP contribution in [-0.2, 0) is 44.9 Å². The van der Waals surface area contributed by atoms with Crippen LogP contribution in [0.1, 0.15) is 132 Å². The average molecular weight is 985 g/mol. The number of amidine groups is 1. The number of unbranched alkanes of at least 4 members (excludes halogenated alkanes) is 1. The Bertz CT molecular complexity index is 1920. The fourth-order valence-corrected chi connectivity index (χ4v) is 7.27. The predicted octanol–water partition coefficient (Wildman–Crippen LogP) is -0.00283. The second kappa shape index (κ2) is 31.7. The second-order valence-electron chi connectivity index (χ2n) is 19.4. The topological polar surface area (TPSA) is 373 Å². The van der Waals surface area contributed by atoms with E-state index in [0.29, 0.717) is 31.4 Å². The Morgan fingerprint density at radius 3 is 1.46 bits per heavy atom. The third kappa shape index (κ3) is 24.3. The number of nitrogens with two attached hydrogens (primary N) is 4. The molecule has 22 nitrogen and oxygen atoms in total. The lowest BCUT2D eigenvalue weighted by molar-refractivity contribution is -0.136. The van der Waals surface area contributed by atoms with E-state index < -0.39 is 95.5 Å². The highest BCUT2D eigenvalue weighted by Crippen LogP contribution is 2.13. The number of amides is 8. The number of nitrogens with one attached hydrogen (secondary N) is 9. The van der Waals surface area contributed by atoms with Crippen LogP contribution in [0, 0.1) is 29.1 Å². The van der Waals surface area contributed by atoms with Crippen molar-refractivity contribution in [2.45, 2.75) is 169 Å². The van der Waals surface area contributed by atoms with Crippen LogP contribution < -0.4 is 65.5 Å². The van der Waals surface area contributed by atoms with Gasteiger partial charge in [-0.15, -0.1) is 0 Å². The molecule has 1 aromatic rings. The van der Waals surface area contributed by atoms with E-state index in [0.717, 1.165) is 5.56 Å². The number of rotatable bonds is 32. The summed E-state index contributed by atoms with van der Waals surface area (Å²) in [7, 11) is 0. The van der Waals surface area contributed by atoms with Crippen molar-refractivity contribution in [3.63, 3.8) is 0 Å². The zero-order valence-corrected chi connectivity index (χ0v) is 43.0. The lowest BCUT2D eigenvalue weighted by Gasteiger charge is -2.29. The molecule has 0 aliphatic carbocycles. The van der Waals surface area contributed by atoms with Crippen molar-refractivity contribution in [1.29, 1.82) is 5.41 Å². The van der Waals surface area contributed by atoms with Gasteiger partial charge < -0.3 is 65.5 Å². The predicted molar refractivity (Wildman–Crippen MR) is 270 cm³/mol. The van der Waals surface area contributed by atoms with Crippen molar-refractivity contribution < 1.29 is 38.4 Å². The van der Waals surface area contributed by atoms with E-state index in [1.54, 1.807) is 38.1 Å². The molecule has 8 amide bonds. The van der Waals surface area contributed by atoms with Gasteiger partial charge in [0, 0.05) is 25.6 Å².